The van der Waals surface area contributed by atoms with E-state index in [1.165, 1.54) is 19.5 Å². The number of pyridine rings is 1. The van der Waals surface area contributed by atoms with Crippen molar-refractivity contribution in [3.05, 3.63) is 58.9 Å². The molecule has 0 spiro atoms. The molecule has 0 saturated carbocycles. The molecule has 0 aliphatic rings. The molecule has 1 unspecified atom stereocenters. The summed E-state index contributed by atoms with van der Waals surface area (Å²) in [5.41, 5.74) is 7.45. The maximum Gasteiger partial charge on any atom is 0.341 e. The summed E-state index contributed by atoms with van der Waals surface area (Å²) in [7, 11) is 1.32. The molecule has 2 rings (SSSR count). The van der Waals surface area contributed by atoms with Gasteiger partial charge in [0, 0.05) is 17.3 Å². The van der Waals surface area contributed by atoms with Crippen molar-refractivity contribution in [3.8, 4) is 5.75 Å². The molecule has 0 bridgehead atoms. The van der Waals surface area contributed by atoms with Gasteiger partial charge in [-0.25, -0.2) is 4.79 Å². The number of hydrogen-bond acceptors (Lipinski definition) is 5. The molecule has 1 aromatic carbocycles. The van der Waals surface area contributed by atoms with Crippen LogP contribution < -0.4 is 10.5 Å². The first-order chi connectivity index (χ1) is 10.6. The monoisotopic (exact) mass is 320 g/mol. The van der Waals surface area contributed by atoms with E-state index in [1.807, 2.05) is 24.3 Å². The minimum Gasteiger partial charge on any atom is -0.489 e. The molecule has 0 amide bonds. The maximum absolute atomic E-state index is 11.6. The van der Waals surface area contributed by atoms with Gasteiger partial charge in [0.1, 0.15) is 12.2 Å². The average molecular weight is 321 g/mol. The second-order valence-electron chi connectivity index (χ2n) is 4.77. The van der Waals surface area contributed by atoms with Crippen molar-refractivity contribution in [2.75, 3.05) is 13.7 Å². The summed E-state index contributed by atoms with van der Waals surface area (Å²) in [6, 6.07) is 8.82. The van der Waals surface area contributed by atoms with Gasteiger partial charge < -0.3 is 15.2 Å². The van der Waals surface area contributed by atoms with Gasteiger partial charge in [0.15, 0.2) is 5.75 Å². The maximum atomic E-state index is 11.6. The average Bonchev–Trinajstić information content (AvgIpc) is 2.54. The van der Waals surface area contributed by atoms with E-state index in [4.69, 9.17) is 26.8 Å². The number of halogens is 1. The highest BCUT2D eigenvalue weighted by atomic mass is 35.5. The van der Waals surface area contributed by atoms with Crippen LogP contribution in [-0.4, -0.2) is 30.7 Å². The lowest BCUT2D eigenvalue weighted by Gasteiger charge is -2.14. The first-order valence-electron chi connectivity index (χ1n) is 6.75. The first kappa shape index (κ1) is 16.3. The number of hydrogen-bond donors (Lipinski definition) is 1. The van der Waals surface area contributed by atoms with Crippen LogP contribution in [0.5, 0.6) is 5.75 Å². The zero-order valence-corrected chi connectivity index (χ0v) is 12.9. The molecular formula is C16H17ClN2O3. The first-order valence-corrected chi connectivity index (χ1v) is 7.13. The topological polar surface area (TPSA) is 74.4 Å². The van der Waals surface area contributed by atoms with Crippen LogP contribution in [0.15, 0.2) is 42.7 Å². The van der Waals surface area contributed by atoms with Crippen molar-refractivity contribution in [2.24, 2.45) is 5.73 Å². The van der Waals surface area contributed by atoms with Gasteiger partial charge >= 0.3 is 5.97 Å². The molecule has 1 aromatic heterocycles. The van der Waals surface area contributed by atoms with Crippen LogP contribution in [0.4, 0.5) is 0 Å². The molecule has 1 heterocycles. The number of rotatable bonds is 6. The van der Waals surface area contributed by atoms with Crippen molar-refractivity contribution < 1.29 is 14.3 Å². The van der Waals surface area contributed by atoms with Gasteiger partial charge in [0.2, 0.25) is 0 Å². The quantitative estimate of drug-likeness (QED) is 0.828. The zero-order valence-electron chi connectivity index (χ0n) is 12.2. The Hall–Kier alpha value is -2.11. The fraction of sp³-hybridized carbons (Fsp3) is 0.250. The molecule has 6 heteroatoms. The fourth-order valence-electron chi connectivity index (χ4n) is 1.95. The van der Waals surface area contributed by atoms with Crippen LogP contribution in [0.2, 0.25) is 5.02 Å². The van der Waals surface area contributed by atoms with Crippen molar-refractivity contribution in [3.63, 3.8) is 0 Å². The molecule has 1 atom stereocenters. The zero-order chi connectivity index (χ0) is 15.9. The summed E-state index contributed by atoms with van der Waals surface area (Å²) in [4.78, 5) is 15.6. The SMILES string of the molecule is COC(=O)c1ccncc1OCC(N)Cc1ccc(Cl)cc1. The van der Waals surface area contributed by atoms with Crippen LogP contribution in [0, 0.1) is 0 Å². The smallest absolute Gasteiger partial charge is 0.341 e. The second-order valence-corrected chi connectivity index (χ2v) is 5.20. The fourth-order valence-corrected chi connectivity index (χ4v) is 2.08. The predicted octanol–water partition coefficient (Wildman–Crippen LogP) is 2.47. The van der Waals surface area contributed by atoms with E-state index < -0.39 is 5.97 Å². The highest BCUT2D eigenvalue weighted by molar-refractivity contribution is 6.30. The summed E-state index contributed by atoms with van der Waals surface area (Å²) >= 11 is 5.84. The largest absolute Gasteiger partial charge is 0.489 e. The Labute approximate surface area is 134 Å². The van der Waals surface area contributed by atoms with Crippen LogP contribution in [0.3, 0.4) is 0 Å². The molecule has 116 valence electrons. The Kier molecular flexibility index (Phi) is 5.75. The summed E-state index contributed by atoms with van der Waals surface area (Å²) < 4.78 is 10.3. The molecule has 5 nitrogen and oxygen atoms in total. The van der Waals surface area contributed by atoms with Crippen LogP contribution in [-0.2, 0) is 11.2 Å². The number of carbonyl (C=O) groups is 1. The summed E-state index contributed by atoms with van der Waals surface area (Å²) in [5, 5.41) is 0.687. The van der Waals surface area contributed by atoms with E-state index in [9.17, 15) is 4.79 Å². The molecule has 22 heavy (non-hydrogen) atoms. The van der Waals surface area contributed by atoms with Crippen molar-refractivity contribution in [1.82, 2.24) is 4.98 Å². The Morgan fingerprint density at radius 3 is 2.73 bits per heavy atom. The van der Waals surface area contributed by atoms with E-state index in [0.717, 1.165) is 5.56 Å². The highest BCUT2D eigenvalue weighted by Gasteiger charge is 2.14. The lowest BCUT2D eigenvalue weighted by molar-refractivity contribution is 0.0595. The van der Waals surface area contributed by atoms with Crippen LogP contribution in [0.25, 0.3) is 0 Å². The standard InChI is InChI=1S/C16H17ClN2O3/c1-21-16(20)14-6-7-19-9-15(14)22-10-13(18)8-11-2-4-12(17)5-3-11/h2-7,9,13H,8,10,18H2,1H3. The number of aromatic nitrogens is 1. The third-order valence-corrected chi connectivity index (χ3v) is 3.31. The number of carbonyl (C=O) groups excluding carboxylic acids is 1. The number of benzene rings is 1. The Bertz CT molecular complexity index is 632. The minimum absolute atomic E-state index is 0.216. The van der Waals surface area contributed by atoms with Gasteiger partial charge in [-0.3, -0.25) is 4.98 Å². The van der Waals surface area contributed by atoms with Crippen LogP contribution >= 0.6 is 11.6 Å². The minimum atomic E-state index is -0.469. The predicted molar refractivity (Wildman–Crippen MR) is 84.2 cm³/mol. The van der Waals surface area contributed by atoms with E-state index in [2.05, 4.69) is 4.98 Å². The van der Waals surface area contributed by atoms with E-state index in [1.54, 1.807) is 6.07 Å². The van der Waals surface area contributed by atoms with Crippen molar-refractivity contribution in [2.45, 2.75) is 12.5 Å². The lowest BCUT2D eigenvalue weighted by atomic mass is 10.1. The summed E-state index contributed by atoms with van der Waals surface area (Å²) in [6.45, 7) is 0.262. The third kappa shape index (κ3) is 4.44. The van der Waals surface area contributed by atoms with Gasteiger partial charge in [0.25, 0.3) is 0 Å². The van der Waals surface area contributed by atoms with Crippen molar-refractivity contribution >= 4 is 17.6 Å². The van der Waals surface area contributed by atoms with Gasteiger partial charge in [0.05, 0.1) is 13.3 Å². The van der Waals surface area contributed by atoms with E-state index in [0.29, 0.717) is 22.8 Å². The molecule has 0 radical (unpaired) electrons. The van der Waals surface area contributed by atoms with Gasteiger partial charge in [-0.1, -0.05) is 23.7 Å². The van der Waals surface area contributed by atoms with Crippen LogP contribution in [0.1, 0.15) is 15.9 Å². The summed E-state index contributed by atoms with van der Waals surface area (Å²) in [6.07, 6.45) is 3.62. The number of esters is 1. The highest BCUT2D eigenvalue weighted by Crippen LogP contribution is 2.18. The van der Waals surface area contributed by atoms with Gasteiger partial charge in [-0.2, -0.15) is 0 Å². The van der Waals surface area contributed by atoms with Gasteiger partial charge in [-0.05, 0) is 30.2 Å². The number of nitrogens with two attached hydrogens (primary N) is 1. The lowest BCUT2D eigenvalue weighted by Crippen LogP contribution is -2.30. The number of ether oxygens (including phenoxy) is 2. The molecule has 2 N–H and O–H groups in total. The molecule has 0 aliphatic heterocycles. The Balaban J connectivity index is 1.95. The molecule has 2 aromatic rings. The van der Waals surface area contributed by atoms with Crippen molar-refractivity contribution in [1.29, 1.82) is 0 Å². The van der Waals surface area contributed by atoms with E-state index in [-0.39, 0.29) is 12.6 Å². The summed E-state index contributed by atoms with van der Waals surface area (Å²) in [5.74, 6) is -0.107. The second kappa shape index (κ2) is 7.77. The molecule has 0 fully saturated rings. The molecular weight excluding hydrogens is 304 g/mol. The number of nitrogens with zero attached hydrogens (tertiary/aromatic N) is 1. The van der Waals surface area contributed by atoms with E-state index >= 15 is 0 Å². The third-order valence-electron chi connectivity index (χ3n) is 3.05. The Morgan fingerprint density at radius 2 is 2.05 bits per heavy atom. The normalized spacial score (nSPS) is 11.8. The molecule has 0 saturated heterocycles. The Morgan fingerprint density at radius 1 is 1.32 bits per heavy atom. The van der Waals surface area contributed by atoms with Gasteiger partial charge in [-0.15, -0.1) is 0 Å². The molecule has 0 aliphatic carbocycles. The number of methoxy groups -OCH3 is 1.